The molecule has 4 nitrogen and oxygen atoms in total. The number of hydrogen-bond acceptors (Lipinski definition) is 3. The third-order valence-corrected chi connectivity index (χ3v) is 2.87. The van der Waals surface area contributed by atoms with Crippen molar-refractivity contribution >= 4 is 27.9 Å². The zero-order chi connectivity index (χ0) is 13.4. The van der Waals surface area contributed by atoms with Gasteiger partial charge in [-0.15, -0.1) is 0 Å². The molecule has 1 rings (SSSR count). The monoisotopic (exact) mass is 313 g/mol. The molecule has 0 saturated carbocycles. The summed E-state index contributed by atoms with van der Waals surface area (Å²) in [5.74, 6) is -0.221. The quantitative estimate of drug-likeness (QED) is 0.778. The highest BCUT2D eigenvalue weighted by molar-refractivity contribution is 9.10. The summed E-state index contributed by atoms with van der Waals surface area (Å²) in [6, 6.07) is 7.55. The Labute approximate surface area is 115 Å². The van der Waals surface area contributed by atoms with Gasteiger partial charge in [-0.05, 0) is 23.8 Å². The molecule has 18 heavy (non-hydrogen) atoms. The van der Waals surface area contributed by atoms with E-state index < -0.39 is 0 Å². The summed E-state index contributed by atoms with van der Waals surface area (Å²) >= 11 is 3.33. The first-order valence-electron chi connectivity index (χ1n) is 5.61. The molecule has 1 aromatic carbocycles. The number of rotatable bonds is 6. The van der Waals surface area contributed by atoms with Crippen molar-refractivity contribution in [3.05, 3.63) is 40.4 Å². The van der Waals surface area contributed by atoms with Gasteiger partial charge in [0.1, 0.15) is 0 Å². The van der Waals surface area contributed by atoms with Gasteiger partial charge in [0.15, 0.2) is 0 Å². The molecule has 0 aliphatic rings. The highest BCUT2D eigenvalue weighted by Crippen LogP contribution is 2.11. The van der Waals surface area contributed by atoms with E-state index in [0.29, 0.717) is 0 Å². The van der Waals surface area contributed by atoms with Crippen molar-refractivity contribution in [3.63, 3.8) is 0 Å². The second-order valence-electron chi connectivity index (χ2n) is 3.66. The minimum Gasteiger partial charge on any atom is -0.395 e. The van der Waals surface area contributed by atoms with Crippen LogP contribution in [-0.2, 0) is 4.79 Å². The molecule has 0 aliphatic heterocycles. The number of carbonyl (C=O) groups is 1. The van der Waals surface area contributed by atoms with Gasteiger partial charge in [0.25, 0.3) is 0 Å². The van der Waals surface area contributed by atoms with Gasteiger partial charge in [-0.3, -0.25) is 4.79 Å². The zero-order valence-electron chi connectivity index (χ0n) is 9.92. The van der Waals surface area contributed by atoms with Crippen molar-refractivity contribution in [3.8, 4) is 0 Å². The fourth-order valence-corrected chi connectivity index (χ4v) is 1.68. The van der Waals surface area contributed by atoms with E-state index >= 15 is 0 Å². The van der Waals surface area contributed by atoms with E-state index in [1.54, 1.807) is 6.08 Å². The maximum absolute atomic E-state index is 11.8. The van der Waals surface area contributed by atoms with E-state index in [0.717, 1.165) is 10.0 Å². The molecule has 0 aromatic heterocycles. The molecule has 0 heterocycles. The van der Waals surface area contributed by atoms with Crippen LogP contribution in [0.1, 0.15) is 5.56 Å². The maximum Gasteiger partial charge on any atom is 0.246 e. The molecule has 0 saturated heterocycles. The molecule has 0 aliphatic carbocycles. The second kappa shape index (κ2) is 8.02. The van der Waals surface area contributed by atoms with E-state index in [9.17, 15) is 4.79 Å². The first-order valence-corrected chi connectivity index (χ1v) is 6.41. The van der Waals surface area contributed by atoms with Gasteiger partial charge in [-0.25, -0.2) is 0 Å². The van der Waals surface area contributed by atoms with Crippen LogP contribution in [0.2, 0.25) is 0 Å². The molecule has 0 atom stereocenters. The standard InChI is InChI=1S/C13H16BrNO3/c14-12-4-1-11(2-5-12)3-6-13(18)15(7-9-16)8-10-17/h1-6,16-17H,7-10H2. The van der Waals surface area contributed by atoms with Crippen LogP contribution < -0.4 is 0 Å². The molecular weight excluding hydrogens is 298 g/mol. The Kier molecular flexibility index (Phi) is 6.64. The van der Waals surface area contributed by atoms with Gasteiger partial charge < -0.3 is 15.1 Å². The molecule has 0 bridgehead atoms. The first-order chi connectivity index (χ1) is 8.67. The van der Waals surface area contributed by atoms with Gasteiger partial charge in [0.05, 0.1) is 13.2 Å². The highest BCUT2D eigenvalue weighted by atomic mass is 79.9. The summed E-state index contributed by atoms with van der Waals surface area (Å²) in [4.78, 5) is 13.2. The summed E-state index contributed by atoms with van der Waals surface area (Å²) in [6.45, 7) is 0.226. The number of benzene rings is 1. The smallest absolute Gasteiger partial charge is 0.246 e. The number of aliphatic hydroxyl groups excluding tert-OH is 2. The van der Waals surface area contributed by atoms with Gasteiger partial charge >= 0.3 is 0 Å². The Morgan fingerprint density at radius 2 is 1.72 bits per heavy atom. The SMILES string of the molecule is O=C(C=Cc1ccc(Br)cc1)N(CCO)CCO. The molecule has 1 aromatic rings. The van der Waals surface area contributed by atoms with E-state index in [4.69, 9.17) is 10.2 Å². The minimum atomic E-state index is -0.221. The van der Waals surface area contributed by atoms with Crippen LogP contribution in [0.25, 0.3) is 6.08 Å². The number of hydrogen-bond donors (Lipinski definition) is 2. The largest absolute Gasteiger partial charge is 0.395 e. The molecule has 0 fully saturated rings. The van der Waals surface area contributed by atoms with E-state index in [1.165, 1.54) is 11.0 Å². The van der Waals surface area contributed by atoms with Gasteiger partial charge in [0, 0.05) is 23.6 Å². The van der Waals surface area contributed by atoms with Crippen molar-refractivity contribution in [2.45, 2.75) is 0 Å². The summed E-state index contributed by atoms with van der Waals surface area (Å²) in [5, 5.41) is 17.6. The number of aliphatic hydroxyl groups is 2. The number of nitrogens with zero attached hydrogens (tertiary/aromatic N) is 1. The summed E-state index contributed by atoms with van der Waals surface area (Å²) < 4.78 is 0.980. The lowest BCUT2D eigenvalue weighted by atomic mass is 10.2. The summed E-state index contributed by atoms with van der Waals surface area (Å²) in [7, 11) is 0. The first kappa shape index (κ1) is 14.9. The number of halogens is 1. The predicted molar refractivity (Wildman–Crippen MR) is 73.9 cm³/mol. The third-order valence-electron chi connectivity index (χ3n) is 2.34. The third kappa shape index (κ3) is 5.00. The Morgan fingerprint density at radius 3 is 2.22 bits per heavy atom. The minimum absolute atomic E-state index is 0.113. The van der Waals surface area contributed by atoms with Gasteiger partial charge in [0.2, 0.25) is 5.91 Å². The molecule has 0 radical (unpaired) electrons. The summed E-state index contributed by atoms with van der Waals surface area (Å²) in [5.41, 5.74) is 0.916. The van der Waals surface area contributed by atoms with E-state index in [1.807, 2.05) is 24.3 Å². The Hall–Kier alpha value is -1.17. The lowest BCUT2D eigenvalue weighted by Gasteiger charge is -2.18. The predicted octanol–water partition coefficient (Wildman–Crippen LogP) is 1.28. The van der Waals surface area contributed by atoms with Gasteiger partial charge in [-0.1, -0.05) is 28.1 Å². The van der Waals surface area contributed by atoms with Crippen molar-refractivity contribution in [2.75, 3.05) is 26.3 Å². The molecule has 0 unspecified atom stereocenters. The molecule has 1 amide bonds. The van der Waals surface area contributed by atoms with Crippen LogP contribution in [0, 0.1) is 0 Å². The van der Waals surface area contributed by atoms with Crippen LogP contribution in [0.5, 0.6) is 0 Å². The zero-order valence-corrected chi connectivity index (χ0v) is 11.5. The van der Waals surface area contributed by atoms with Crippen LogP contribution >= 0.6 is 15.9 Å². The molecule has 98 valence electrons. The van der Waals surface area contributed by atoms with Crippen LogP contribution in [0.15, 0.2) is 34.8 Å². The lowest BCUT2D eigenvalue weighted by molar-refractivity contribution is -0.126. The second-order valence-corrected chi connectivity index (χ2v) is 4.57. The highest BCUT2D eigenvalue weighted by Gasteiger charge is 2.08. The normalized spacial score (nSPS) is 10.8. The number of carbonyl (C=O) groups excluding carboxylic acids is 1. The van der Waals surface area contributed by atoms with Crippen LogP contribution in [-0.4, -0.2) is 47.3 Å². The fraction of sp³-hybridized carbons (Fsp3) is 0.308. The lowest BCUT2D eigenvalue weighted by Crippen LogP contribution is -2.34. The van der Waals surface area contributed by atoms with E-state index in [-0.39, 0.29) is 32.2 Å². The maximum atomic E-state index is 11.8. The molecular formula is C13H16BrNO3. The van der Waals surface area contributed by atoms with Crippen molar-refractivity contribution < 1.29 is 15.0 Å². The fourth-order valence-electron chi connectivity index (χ4n) is 1.42. The Morgan fingerprint density at radius 1 is 1.17 bits per heavy atom. The average molecular weight is 314 g/mol. The Bertz CT molecular complexity index is 397. The van der Waals surface area contributed by atoms with E-state index in [2.05, 4.69) is 15.9 Å². The molecule has 2 N–H and O–H groups in total. The Balaban J connectivity index is 2.63. The topological polar surface area (TPSA) is 60.8 Å². The summed E-state index contributed by atoms with van der Waals surface area (Å²) in [6.07, 6.45) is 3.14. The van der Waals surface area contributed by atoms with Crippen molar-refractivity contribution in [1.82, 2.24) is 4.90 Å². The van der Waals surface area contributed by atoms with Crippen molar-refractivity contribution in [2.24, 2.45) is 0 Å². The van der Waals surface area contributed by atoms with Crippen LogP contribution in [0.4, 0.5) is 0 Å². The number of amides is 1. The average Bonchev–Trinajstić information content (AvgIpc) is 2.37. The van der Waals surface area contributed by atoms with Crippen molar-refractivity contribution in [1.29, 1.82) is 0 Å². The molecule has 5 heteroatoms. The van der Waals surface area contributed by atoms with Gasteiger partial charge in [-0.2, -0.15) is 0 Å². The van der Waals surface area contributed by atoms with Crippen LogP contribution in [0.3, 0.4) is 0 Å². The molecule has 0 spiro atoms.